The Morgan fingerprint density at radius 1 is 0.677 bits per heavy atom. The van der Waals surface area contributed by atoms with Gasteiger partial charge in [0.15, 0.2) is 31.1 Å². The van der Waals surface area contributed by atoms with Crippen molar-refractivity contribution in [2.24, 2.45) is 30.7 Å². The van der Waals surface area contributed by atoms with E-state index in [4.69, 9.17) is 13.8 Å². The summed E-state index contributed by atoms with van der Waals surface area (Å²) >= 11 is 0. The normalized spacial score (nSPS) is 12.7. The average Bonchev–Trinajstić information content (AvgIpc) is 3.15. The van der Waals surface area contributed by atoms with Gasteiger partial charge >= 0.3 is 26.8 Å². The number of hydrogen-bond donors (Lipinski definition) is 6. The smallest absolute Gasteiger partial charge is 0.397 e. The minimum Gasteiger partial charge on any atom is -0.505 e. The van der Waals surface area contributed by atoms with Crippen molar-refractivity contribution < 1.29 is 80.8 Å². The van der Waals surface area contributed by atoms with Gasteiger partial charge < -0.3 is 25.4 Å². The number of carbonyl (C=O) groups is 2. The number of aromatic hydroxyl groups is 2. The maximum absolute atomic E-state index is 12.9. The van der Waals surface area contributed by atoms with Gasteiger partial charge in [-0.3, -0.25) is 13.9 Å². The highest BCUT2D eigenvalue weighted by Gasteiger charge is 2.24. The Hall–Kier alpha value is -6.34. The lowest BCUT2D eigenvalue weighted by Gasteiger charge is -2.12. The summed E-state index contributed by atoms with van der Waals surface area (Å²) in [7, 11) is -16.8. The van der Waals surface area contributed by atoms with Crippen LogP contribution in [0.15, 0.2) is 101 Å². The summed E-state index contributed by atoms with van der Waals surface area (Å²) < 4.78 is 124. The van der Waals surface area contributed by atoms with Gasteiger partial charge in [-0.2, -0.15) is 27.1 Å². The first-order chi connectivity index (χ1) is 28.8. The second-order valence-electron chi connectivity index (χ2n) is 12.2. The van der Waals surface area contributed by atoms with E-state index in [2.05, 4.69) is 44.4 Å². The summed E-state index contributed by atoms with van der Waals surface area (Å²) in [4.78, 5) is 23.6. The fourth-order valence-corrected chi connectivity index (χ4v) is 8.21. The molecule has 0 bridgehead atoms. The number of phenols is 2. The highest BCUT2D eigenvalue weighted by atomic mass is 32.3. The number of rotatable bonds is 19. The third-order valence-electron chi connectivity index (χ3n) is 7.72. The van der Waals surface area contributed by atoms with Crippen LogP contribution in [0.25, 0.3) is 0 Å². The number of nitrogens with zero attached hydrogens (tertiary/aromatic N) is 6. The summed E-state index contributed by atoms with van der Waals surface area (Å²) in [5.74, 6) is -5.92. The van der Waals surface area contributed by atoms with Crippen LogP contribution in [-0.2, 0) is 53.6 Å². The topological polar surface area (TPSA) is 386 Å². The molecule has 0 aliphatic carbocycles. The lowest BCUT2D eigenvalue weighted by molar-refractivity contribution is -0.114. The molecule has 0 saturated heterocycles. The Labute approximate surface area is 352 Å². The van der Waals surface area contributed by atoms with E-state index in [9.17, 15) is 58.6 Å². The molecule has 0 atom stereocenters. The van der Waals surface area contributed by atoms with Gasteiger partial charge in [0.2, 0.25) is 5.91 Å². The van der Waals surface area contributed by atoms with E-state index in [0.29, 0.717) is 6.07 Å². The van der Waals surface area contributed by atoms with Crippen LogP contribution in [-0.4, -0.2) is 102 Å². The Balaban J connectivity index is 1.63. The summed E-state index contributed by atoms with van der Waals surface area (Å²) in [5, 5.41) is 57.6. The zero-order valence-corrected chi connectivity index (χ0v) is 35.2. The number of amides is 1. The fourth-order valence-electron chi connectivity index (χ4n) is 4.96. The van der Waals surface area contributed by atoms with Crippen molar-refractivity contribution in [2.45, 2.75) is 23.6 Å². The zero-order chi connectivity index (χ0) is 46.2. The molecule has 0 heterocycles. The molecule has 6 N–H and O–H groups in total. The zero-order valence-electron chi connectivity index (χ0n) is 32.0. The number of aromatic carboxylic acids is 1. The van der Waals surface area contributed by atoms with Crippen molar-refractivity contribution in [2.75, 3.05) is 37.1 Å². The number of hydrogen-bond acceptors (Lipinski definition) is 21. The molecule has 0 radical (unpaired) electrons. The Kier molecular flexibility index (Phi) is 15.3. The van der Waals surface area contributed by atoms with Gasteiger partial charge in [-0.05, 0) is 67.1 Å². The first-order valence-electron chi connectivity index (χ1n) is 16.8. The number of ether oxygens (including phenoxy) is 1. The molecule has 332 valence electrons. The first-order valence-corrected chi connectivity index (χ1v) is 22.8. The van der Waals surface area contributed by atoms with E-state index in [1.54, 1.807) is 0 Å². The molecule has 0 aromatic heterocycles. The number of sulfone groups is 2. The molecule has 0 spiro atoms. The molecule has 0 saturated carbocycles. The van der Waals surface area contributed by atoms with Crippen molar-refractivity contribution in [1.29, 1.82) is 0 Å². The van der Waals surface area contributed by atoms with Crippen LogP contribution < -0.4 is 10.1 Å². The number of carboxylic acids is 1. The van der Waals surface area contributed by atoms with Crippen LogP contribution >= 0.6 is 0 Å². The molecule has 0 unspecified atom stereocenters. The van der Waals surface area contributed by atoms with Crippen molar-refractivity contribution in [1.82, 2.24) is 0 Å². The molecule has 4 aromatic carbocycles. The van der Waals surface area contributed by atoms with Crippen molar-refractivity contribution in [3.63, 3.8) is 0 Å². The Morgan fingerprint density at radius 2 is 1.23 bits per heavy atom. The summed E-state index contributed by atoms with van der Waals surface area (Å²) in [6, 6.07) is 11.7. The fraction of sp³-hybridized carbons (Fsp3) is 0.212. The molecular formula is C33H33N7O18S4. The van der Waals surface area contributed by atoms with Crippen molar-refractivity contribution in [3.05, 3.63) is 71.8 Å². The Bertz CT molecular complexity index is 2940. The number of azo groups is 3. The maximum atomic E-state index is 12.9. The van der Waals surface area contributed by atoms with Gasteiger partial charge in [0, 0.05) is 13.0 Å². The number of carbonyl (C=O) groups excluding carboxylic acids is 1. The molecule has 4 aromatic rings. The molecule has 0 aliphatic rings. The molecule has 0 fully saturated rings. The van der Waals surface area contributed by atoms with Gasteiger partial charge in [0.1, 0.15) is 28.6 Å². The third-order valence-corrected chi connectivity index (χ3v) is 12.2. The summed E-state index contributed by atoms with van der Waals surface area (Å²) in [6.07, 6.45) is 0. The largest absolute Gasteiger partial charge is 0.505 e. The van der Waals surface area contributed by atoms with Crippen LogP contribution in [0.2, 0.25) is 0 Å². The molecule has 25 nitrogen and oxygen atoms in total. The van der Waals surface area contributed by atoms with Crippen molar-refractivity contribution >= 4 is 92.2 Å². The van der Waals surface area contributed by atoms with E-state index >= 15 is 0 Å². The first kappa shape index (κ1) is 48.3. The van der Waals surface area contributed by atoms with Gasteiger partial charge in [-0.15, -0.1) is 20.5 Å². The van der Waals surface area contributed by atoms with Crippen LogP contribution in [0.1, 0.15) is 22.8 Å². The number of phenolic OH excluding ortho intramolecular Hbond substituents is 2. The molecule has 29 heteroatoms. The van der Waals surface area contributed by atoms with E-state index in [-0.39, 0.29) is 49.5 Å². The standard InChI is InChI=1S/C33H33N7O18S4/c1-18-14-26(28(56-3)17-29(18)60(48,49)13-11-58-62(53,54)55)38-39-30-23(33(44)45)16-27(42)31(32(30)43)40-36-21-6-9-24(25(15-21)34-19(2)41)37-35-20-4-7-22(8-5-20)59(46,47)12-10-57-61(50,51)52/h4-9,14-17,42-43H,10-13H2,1-3H3,(H,34,41)(H,44,45)(H,50,51,52)(H,53,54,55). The van der Waals surface area contributed by atoms with E-state index in [1.807, 2.05) is 0 Å². The summed E-state index contributed by atoms with van der Waals surface area (Å²) in [6.45, 7) is 0.802. The van der Waals surface area contributed by atoms with Crippen LogP contribution in [0, 0.1) is 6.92 Å². The number of carboxylic acid groups (broad SMARTS) is 1. The number of aryl methyl sites for hydroxylation is 1. The van der Waals surface area contributed by atoms with Gasteiger partial charge in [-0.25, -0.2) is 30.0 Å². The Morgan fingerprint density at radius 3 is 1.79 bits per heavy atom. The predicted molar refractivity (Wildman–Crippen MR) is 213 cm³/mol. The molecular weight excluding hydrogens is 911 g/mol. The predicted octanol–water partition coefficient (Wildman–Crippen LogP) is 5.50. The quantitative estimate of drug-likeness (QED) is 0.0499. The number of benzene rings is 4. The van der Waals surface area contributed by atoms with Crippen LogP contribution in [0.5, 0.6) is 17.2 Å². The van der Waals surface area contributed by atoms with Crippen molar-refractivity contribution in [3.8, 4) is 17.2 Å². The van der Waals surface area contributed by atoms with Crippen LogP contribution in [0.4, 0.5) is 39.8 Å². The van der Waals surface area contributed by atoms with Gasteiger partial charge in [-0.1, -0.05) is 0 Å². The third kappa shape index (κ3) is 13.3. The van der Waals surface area contributed by atoms with Gasteiger partial charge in [0.25, 0.3) is 0 Å². The second kappa shape index (κ2) is 19.6. The minimum absolute atomic E-state index is 0.00988. The summed E-state index contributed by atoms with van der Waals surface area (Å²) in [5.41, 5.74) is -2.02. The van der Waals surface area contributed by atoms with Gasteiger partial charge in [0.05, 0.1) is 64.2 Å². The number of anilines is 1. The van der Waals surface area contributed by atoms with Crippen LogP contribution in [0.3, 0.4) is 0 Å². The monoisotopic (exact) mass is 943 g/mol. The SMILES string of the molecule is COc1cc(S(=O)(=O)CCOS(=O)(=O)O)c(C)cc1N=Nc1c(C(=O)O)cc(O)c(N=Nc2ccc(N=Nc3ccc(S(=O)(=O)CCOS(=O)(=O)O)cc3)c(NC(C)=O)c2)c1O. The minimum atomic E-state index is -4.91. The number of methoxy groups -OCH3 is 1. The average molecular weight is 944 g/mol. The molecule has 62 heavy (non-hydrogen) atoms. The van der Waals surface area contributed by atoms with E-state index < -0.39 is 106 Å². The lowest BCUT2D eigenvalue weighted by atomic mass is 10.1. The van der Waals surface area contributed by atoms with E-state index in [1.165, 1.54) is 62.4 Å². The molecule has 0 aliphatic heterocycles. The molecule has 1 amide bonds. The lowest BCUT2D eigenvalue weighted by Crippen LogP contribution is -2.16. The van der Waals surface area contributed by atoms with E-state index in [0.717, 1.165) is 13.2 Å². The highest BCUT2D eigenvalue weighted by Crippen LogP contribution is 2.47. The molecule has 4 rings (SSSR count). The maximum Gasteiger partial charge on any atom is 0.397 e. The second-order valence-corrected chi connectivity index (χ2v) is 18.6. The highest BCUT2D eigenvalue weighted by molar-refractivity contribution is 7.91. The number of nitrogens with one attached hydrogen (secondary N) is 1.